The molecule has 53 heavy (non-hydrogen) atoms. The highest BCUT2D eigenvalue weighted by Crippen LogP contribution is 2.30. The molecule has 0 atom stereocenters. The van der Waals surface area contributed by atoms with Gasteiger partial charge in [-0.1, -0.05) is 46.9 Å². The lowest BCUT2D eigenvalue weighted by molar-refractivity contribution is -0.129. The lowest BCUT2D eigenvalue weighted by Gasteiger charge is -2.34. The van der Waals surface area contributed by atoms with Gasteiger partial charge in [0.25, 0.3) is 5.91 Å². The molecular weight excluding hydrogens is 743 g/mol. The number of carbonyl (C=O) groups is 2. The second-order valence-electron chi connectivity index (χ2n) is 12.0. The van der Waals surface area contributed by atoms with Crippen LogP contribution in [0.25, 0.3) is 0 Å². The van der Waals surface area contributed by atoms with Crippen LogP contribution in [-0.2, 0) is 23.8 Å². The third kappa shape index (κ3) is 16.0. The van der Waals surface area contributed by atoms with Crippen molar-refractivity contribution in [2.45, 2.75) is 19.8 Å². The first-order valence-electron chi connectivity index (χ1n) is 17.4. The fraction of sp³-hybridized carbons (Fsp3) is 0.486. The minimum Gasteiger partial charge on any atom is -0.394 e. The van der Waals surface area contributed by atoms with Crippen LogP contribution in [0.5, 0.6) is 0 Å². The first-order chi connectivity index (χ1) is 25.6. The molecule has 0 radical (unpaired) electrons. The lowest BCUT2D eigenvalue weighted by atomic mass is 10.0. The van der Waals surface area contributed by atoms with Crippen LogP contribution in [-0.4, -0.2) is 131 Å². The molecule has 2 aromatic carbocycles. The zero-order valence-electron chi connectivity index (χ0n) is 30.0. The summed E-state index contributed by atoms with van der Waals surface area (Å²) < 4.78 is 16.7. The molecule has 16 heteroatoms. The van der Waals surface area contributed by atoms with Crippen LogP contribution >= 0.6 is 34.8 Å². The Kier molecular flexibility index (Phi) is 20.2. The largest absolute Gasteiger partial charge is 0.394 e. The Balaban J connectivity index is 1.44. The standard InChI is InChI=1S/C37H47Cl3N8O5/c1-28(36(29-4-6-30(38)7-5-29)45-33-9-8-31(39)26-32(33)40)35(43)37(50)48-15-13-47(14-16-48)27-34(49)44-12-22-53-25-19-46(17-23-51-20-2-10-41)18-24-52-21-3-11-42/h4-9,26H,2-3,12-25,27,43H2,1H3,(H,44,49). The van der Waals surface area contributed by atoms with Gasteiger partial charge in [-0.2, -0.15) is 10.5 Å². The zero-order chi connectivity index (χ0) is 38.4. The van der Waals surface area contributed by atoms with E-state index >= 15 is 0 Å². The van der Waals surface area contributed by atoms with Crippen molar-refractivity contribution in [1.82, 2.24) is 20.0 Å². The number of allylic oxidation sites excluding steroid dienone is 1. The van der Waals surface area contributed by atoms with Crippen molar-refractivity contribution in [3.05, 3.63) is 74.4 Å². The van der Waals surface area contributed by atoms with Crippen molar-refractivity contribution in [1.29, 1.82) is 10.5 Å². The summed E-state index contributed by atoms with van der Waals surface area (Å²) in [5.41, 5.74) is 8.69. The Labute approximate surface area is 326 Å². The second-order valence-corrected chi connectivity index (χ2v) is 13.3. The number of hydrogen-bond acceptors (Lipinski definition) is 11. The molecule has 1 heterocycles. The number of aliphatic imine (C=N–C) groups is 1. The van der Waals surface area contributed by atoms with Gasteiger partial charge in [-0.15, -0.1) is 0 Å². The van der Waals surface area contributed by atoms with Crippen molar-refractivity contribution in [2.75, 3.05) is 98.5 Å². The van der Waals surface area contributed by atoms with Crippen LogP contribution in [0, 0.1) is 22.7 Å². The Morgan fingerprint density at radius 1 is 0.849 bits per heavy atom. The number of piperazine rings is 1. The second kappa shape index (κ2) is 24.5. The van der Waals surface area contributed by atoms with Crippen LogP contribution in [0.2, 0.25) is 15.1 Å². The van der Waals surface area contributed by atoms with Gasteiger partial charge >= 0.3 is 0 Å². The van der Waals surface area contributed by atoms with E-state index in [-0.39, 0.29) is 24.1 Å². The third-order valence-electron chi connectivity index (χ3n) is 8.22. The number of carbonyl (C=O) groups excluding carboxylic acids is 2. The number of rotatable bonds is 22. The Morgan fingerprint density at radius 2 is 1.42 bits per heavy atom. The number of nitrogens with one attached hydrogen (secondary N) is 1. The number of hydrogen-bond donors (Lipinski definition) is 2. The highest BCUT2D eigenvalue weighted by atomic mass is 35.5. The summed E-state index contributed by atoms with van der Waals surface area (Å²) in [7, 11) is 0. The van der Waals surface area contributed by atoms with Crippen LogP contribution in [0.1, 0.15) is 25.3 Å². The molecule has 1 aliphatic rings. The molecule has 286 valence electrons. The molecule has 1 saturated heterocycles. The van der Waals surface area contributed by atoms with E-state index < -0.39 is 0 Å². The van der Waals surface area contributed by atoms with Crippen molar-refractivity contribution < 1.29 is 23.8 Å². The van der Waals surface area contributed by atoms with Gasteiger partial charge in [0.15, 0.2) is 0 Å². The molecule has 0 saturated carbocycles. The predicted octanol–water partition coefficient (Wildman–Crippen LogP) is 4.44. The summed E-state index contributed by atoms with van der Waals surface area (Å²) in [5.74, 6) is -0.441. The van der Waals surface area contributed by atoms with E-state index in [1.165, 1.54) is 0 Å². The quantitative estimate of drug-likeness (QED) is 0.0989. The molecule has 0 aromatic heterocycles. The van der Waals surface area contributed by atoms with Crippen LogP contribution < -0.4 is 11.1 Å². The zero-order valence-corrected chi connectivity index (χ0v) is 32.3. The smallest absolute Gasteiger partial charge is 0.270 e. The van der Waals surface area contributed by atoms with Gasteiger partial charge < -0.3 is 30.2 Å². The van der Waals surface area contributed by atoms with Gasteiger partial charge in [-0.25, -0.2) is 4.99 Å². The number of nitriles is 2. The van der Waals surface area contributed by atoms with Crippen molar-refractivity contribution >= 4 is 58.0 Å². The predicted molar refractivity (Wildman–Crippen MR) is 206 cm³/mol. The Bertz CT molecular complexity index is 1600. The number of nitrogens with zero attached hydrogens (tertiary/aromatic N) is 6. The van der Waals surface area contributed by atoms with E-state index in [9.17, 15) is 9.59 Å². The maximum atomic E-state index is 13.5. The van der Waals surface area contributed by atoms with E-state index in [4.69, 9.17) is 70.3 Å². The normalized spacial score (nSPS) is 14.1. The molecule has 1 aliphatic heterocycles. The van der Waals surface area contributed by atoms with Crippen molar-refractivity contribution in [2.24, 2.45) is 10.7 Å². The Hall–Kier alpha value is -3.76. The number of halogens is 3. The molecule has 0 unspecified atom stereocenters. The molecule has 3 N–H and O–H groups in total. The fourth-order valence-electron chi connectivity index (χ4n) is 5.21. The van der Waals surface area contributed by atoms with Gasteiger partial charge in [-0.3, -0.25) is 19.4 Å². The van der Waals surface area contributed by atoms with Crippen molar-refractivity contribution in [3.63, 3.8) is 0 Å². The summed E-state index contributed by atoms with van der Waals surface area (Å²) in [5, 5.41) is 21.6. The van der Waals surface area contributed by atoms with Crippen LogP contribution in [0.4, 0.5) is 5.69 Å². The molecule has 2 aromatic rings. The van der Waals surface area contributed by atoms with Crippen LogP contribution in [0.15, 0.2) is 58.7 Å². The average molecular weight is 790 g/mol. The summed E-state index contributed by atoms with van der Waals surface area (Å²) >= 11 is 18.6. The van der Waals surface area contributed by atoms with E-state index in [1.54, 1.807) is 54.3 Å². The fourth-order valence-corrected chi connectivity index (χ4v) is 5.79. The van der Waals surface area contributed by atoms with Gasteiger partial charge in [0.05, 0.1) is 87.6 Å². The van der Waals surface area contributed by atoms with E-state index in [2.05, 4.69) is 22.4 Å². The molecule has 2 amide bonds. The minimum atomic E-state index is -0.316. The first-order valence-corrected chi connectivity index (χ1v) is 18.5. The Morgan fingerprint density at radius 3 is 1.98 bits per heavy atom. The number of ether oxygens (including phenoxy) is 3. The first kappa shape index (κ1) is 43.6. The highest BCUT2D eigenvalue weighted by molar-refractivity contribution is 6.36. The number of nitrogens with two attached hydrogens (primary N) is 1. The average Bonchev–Trinajstić information content (AvgIpc) is 3.15. The van der Waals surface area contributed by atoms with Crippen molar-refractivity contribution in [3.8, 4) is 12.1 Å². The van der Waals surface area contributed by atoms with E-state index in [1.807, 2.05) is 4.90 Å². The minimum absolute atomic E-state index is 0.0611. The number of benzene rings is 2. The highest BCUT2D eigenvalue weighted by Gasteiger charge is 2.26. The third-order valence-corrected chi connectivity index (χ3v) is 9.01. The molecule has 0 aliphatic carbocycles. The van der Waals surface area contributed by atoms with Gasteiger partial charge in [0, 0.05) is 73.5 Å². The molecule has 1 fully saturated rings. The number of amides is 2. The molecule has 0 spiro atoms. The lowest BCUT2D eigenvalue weighted by Crippen LogP contribution is -2.52. The van der Waals surface area contributed by atoms with Gasteiger partial charge in [0.2, 0.25) is 5.91 Å². The summed E-state index contributed by atoms with van der Waals surface area (Å²) in [6.07, 6.45) is 0.697. The summed E-state index contributed by atoms with van der Waals surface area (Å²) in [6.45, 7) is 8.69. The van der Waals surface area contributed by atoms with E-state index in [0.717, 1.165) is 0 Å². The topological polar surface area (TPSA) is 170 Å². The van der Waals surface area contributed by atoms with E-state index in [0.29, 0.717) is 142 Å². The summed E-state index contributed by atoms with van der Waals surface area (Å²) in [6, 6.07) is 16.2. The maximum absolute atomic E-state index is 13.5. The monoisotopic (exact) mass is 788 g/mol. The van der Waals surface area contributed by atoms with Gasteiger partial charge in [-0.05, 0) is 37.3 Å². The maximum Gasteiger partial charge on any atom is 0.270 e. The molecular formula is C37H47Cl3N8O5. The SMILES string of the molecule is CC(C(=Nc1ccc(Cl)cc1Cl)c1ccc(Cl)cc1)=C(N)C(=O)N1CCN(CC(=O)NCCOCCN(CCOCCC#N)CCOCCC#N)CC1. The van der Waals surface area contributed by atoms with Gasteiger partial charge in [0.1, 0.15) is 5.70 Å². The molecule has 3 rings (SSSR count). The summed E-state index contributed by atoms with van der Waals surface area (Å²) in [4.78, 5) is 36.8. The molecule has 0 bridgehead atoms. The van der Waals surface area contributed by atoms with Crippen LogP contribution in [0.3, 0.4) is 0 Å². The molecule has 13 nitrogen and oxygen atoms in total.